The molecule has 0 heterocycles. The number of benzene rings is 2. The zero-order valence-electron chi connectivity index (χ0n) is 11.2. The monoisotopic (exact) mass is 254 g/mol. The molecule has 0 spiro atoms. The molecule has 0 radical (unpaired) electrons. The number of amides is 1. The molecule has 0 aliphatic heterocycles. The van der Waals surface area contributed by atoms with Gasteiger partial charge < -0.3 is 11.1 Å². The summed E-state index contributed by atoms with van der Waals surface area (Å²) in [7, 11) is 0. The third kappa shape index (κ3) is 2.94. The molecule has 0 fully saturated rings. The lowest BCUT2D eigenvalue weighted by molar-refractivity contribution is 0.0940. The number of aryl methyl sites for hydroxylation is 1. The molecule has 3 heteroatoms. The van der Waals surface area contributed by atoms with E-state index in [1.54, 1.807) is 6.07 Å². The lowest BCUT2D eigenvalue weighted by Gasteiger charge is -2.15. The SMILES string of the molecule is Cc1cccc(C(=O)N[C@H](C)c2ccccc2)c1N. The predicted octanol–water partition coefficient (Wildman–Crippen LogP) is 3.07. The van der Waals surface area contributed by atoms with Crippen LogP contribution in [0.25, 0.3) is 0 Å². The van der Waals surface area contributed by atoms with Crippen LogP contribution in [0.2, 0.25) is 0 Å². The Labute approximate surface area is 113 Å². The van der Waals surface area contributed by atoms with E-state index < -0.39 is 0 Å². The Hall–Kier alpha value is -2.29. The number of hydrogen-bond donors (Lipinski definition) is 2. The number of para-hydroxylation sites is 1. The molecule has 1 atom stereocenters. The van der Waals surface area contributed by atoms with E-state index in [1.807, 2.05) is 56.3 Å². The second-order valence-electron chi connectivity index (χ2n) is 4.64. The second-order valence-corrected chi connectivity index (χ2v) is 4.64. The summed E-state index contributed by atoms with van der Waals surface area (Å²) >= 11 is 0. The largest absolute Gasteiger partial charge is 0.398 e. The predicted molar refractivity (Wildman–Crippen MR) is 77.9 cm³/mol. The van der Waals surface area contributed by atoms with Gasteiger partial charge in [-0.25, -0.2) is 0 Å². The molecule has 0 saturated carbocycles. The van der Waals surface area contributed by atoms with E-state index in [0.29, 0.717) is 11.3 Å². The van der Waals surface area contributed by atoms with Gasteiger partial charge in [-0.05, 0) is 31.0 Å². The van der Waals surface area contributed by atoms with Crippen molar-refractivity contribution in [2.24, 2.45) is 0 Å². The van der Waals surface area contributed by atoms with Gasteiger partial charge in [-0.1, -0.05) is 42.5 Å². The number of carbonyl (C=O) groups excluding carboxylic acids is 1. The number of anilines is 1. The van der Waals surface area contributed by atoms with Crippen molar-refractivity contribution >= 4 is 11.6 Å². The molecule has 0 aliphatic carbocycles. The Bertz CT molecular complexity index is 579. The fraction of sp³-hybridized carbons (Fsp3) is 0.188. The summed E-state index contributed by atoms with van der Waals surface area (Å²) in [5.41, 5.74) is 9.00. The molecule has 3 N–H and O–H groups in total. The summed E-state index contributed by atoms with van der Waals surface area (Å²) in [6, 6.07) is 15.3. The van der Waals surface area contributed by atoms with E-state index in [-0.39, 0.29) is 11.9 Å². The van der Waals surface area contributed by atoms with E-state index in [4.69, 9.17) is 5.73 Å². The fourth-order valence-corrected chi connectivity index (χ4v) is 1.98. The zero-order chi connectivity index (χ0) is 13.8. The third-order valence-corrected chi connectivity index (χ3v) is 3.22. The average Bonchev–Trinajstić information content (AvgIpc) is 2.42. The van der Waals surface area contributed by atoms with Gasteiger partial charge in [0.1, 0.15) is 0 Å². The average molecular weight is 254 g/mol. The maximum atomic E-state index is 12.2. The van der Waals surface area contributed by atoms with Crippen LogP contribution in [0.5, 0.6) is 0 Å². The molecule has 0 saturated heterocycles. The van der Waals surface area contributed by atoms with Crippen LogP contribution in [0.1, 0.15) is 34.5 Å². The topological polar surface area (TPSA) is 55.1 Å². The van der Waals surface area contributed by atoms with Crippen molar-refractivity contribution in [3.05, 3.63) is 65.2 Å². The molecule has 98 valence electrons. The highest BCUT2D eigenvalue weighted by Gasteiger charge is 2.14. The fourth-order valence-electron chi connectivity index (χ4n) is 1.98. The van der Waals surface area contributed by atoms with Gasteiger partial charge in [-0.2, -0.15) is 0 Å². The maximum Gasteiger partial charge on any atom is 0.253 e. The molecule has 2 rings (SSSR count). The molecule has 3 nitrogen and oxygen atoms in total. The standard InChI is InChI=1S/C16H18N2O/c1-11-7-6-10-14(15(11)17)16(19)18-12(2)13-8-4-3-5-9-13/h3-10,12H,17H2,1-2H3,(H,18,19)/t12-/m1/s1. The first-order valence-corrected chi connectivity index (χ1v) is 6.30. The molecule has 1 amide bonds. The van der Waals surface area contributed by atoms with Crippen molar-refractivity contribution < 1.29 is 4.79 Å². The van der Waals surface area contributed by atoms with Gasteiger partial charge in [0.2, 0.25) is 0 Å². The van der Waals surface area contributed by atoms with Gasteiger partial charge in [-0.15, -0.1) is 0 Å². The first-order valence-electron chi connectivity index (χ1n) is 6.30. The number of hydrogen-bond acceptors (Lipinski definition) is 2. The van der Waals surface area contributed by atoms with Crippen molar-refractivity contribution in [1.29, 1.82) is 0 Å². The number of rotatable bonds is 3. The molecule has 0 bridgehead atoms. The summed E-state index contributed by atoms with van der Waals surface area (Å²) in [6.45, 7) is 3.85. The van der Waals surface area contributed by atoms with E-state index >= 15 is 0 Å². The highest BCUT2D eigenvalue weighted by atomic mass is 16.1. The van der Waals surface area contributed by atoms with Crippen molar-refractivity contribution in [3.8, 4) is 0 Å². The molecule has 19 heavy (non-hydrogen) atoms. The van der Waals surface area contributed by atoms with Gasteiger partial charge >= 0.3 is 0 Å². The van der Waals surface area contributed by atoms with Crippen LogP contribution >= 0.6 is 0 Å². The number of nitrogen functional groups attached to an aromatic ring is 1. The van der Waals surface area contributed by atoms with E-state index in [9.17, 15) is 4.79 Å². The van der Waals surface area contributed by atoms with Crippen LogP contribution in [0.15, 0.2) is 48.5 Å². The maximum absolute atomic E-state index is 12.2. The lowest BCUT2D eigenvalue weighted by Crippen LogP contribution is -2.27. The first kappa shape index (κ1) is 13.1. The van der Waals surface area contributed by atoms with Crippen LogP contribution in [0.3, 0.4) is 0 Å². The highest BCUT2D eigenvalue weighted by molar-refractivity contribution is 5.99. The minimum Gasteiger partial charge on any atom is -0.398 e. The minimum absolute atomic E-state index is 0.0476. The van der Waals surface area contributed by atoms with Gasteiger partial charge in [-0.3, -0.25) is 4.79 Å². The zero-order valence-corrected chi connectivity index (χ0v) is 11.2. The normalized spacial score (nSPS) is 11.9. The molecular formula is C16H18N2O. The molecule has 0 unspecified atom stereocenters. The van der Waals surface area contributed by atoms with E-state index in [2.05, 4.69) is 5.32 Å². The summed E-state index contributed by atoms with van der Waals surface area (Å²) in [4.78, 5) is 12.2. The van der Waals surface area contributed by atoms with Gasteiger partial charge in [0, 0.05) is 5.69 Å². The quantitative estimate of drug-likeness (QED) is 0.827. The Morgan fingerprint density at radius 1 is 1.11 bits per heavy atom. The number of carbonyl (C=O) groups is 1. The molecule has 0 aliphatic rings. The molecule has 2 aromatic carbocycles. The van der Waals surface area contributed by atoms with Gasteiger partial charge in [0.05, 0.1) is 11.6 Å². The second kappa shape index (κ2) is 5.57. The lowest BCUT2D eigenvalue weighted by atomic mass is 10.1. The molecule has 0 aromatic heterocycles. The number of nitrogens with two attached hydrogens (primary N) is 1. The Kier molecular flexibility index (Phi) is 3.85. The smallest absolute Gasteiger partial charge is 0.253 e. The van der Waals surface area contributed by atoms with Crippen LogP contribution in [-0.4, -0.2) is 5.91 Å². The van der Waals surface area contributed by atoms with Crippen molar-refractivity contribution in [1.82, 2.24) is 5.32 Å². The highest BCUT2D eigenvalue weighted by Crippen LogP contribution is 2.18. The Morgan fingerprint density at radius 2 is 1.79 bits per heavy atom. The van der Waals surface area contributed by atoms with Crippen LogP contribution in [0, 0.1) is 6.92 Å². The van der Waals surface area contributed by atoms with E-state index in [1.165, 1.54) is 0 Å². The van der Waals surface area contributed by atoms with Crippen molar-refractivity contribution in [2.45, 2.75) is 19.9 Å². The third-order valence-electron chi connectivity index (χ3n) is 3.22. The Balaban J connectivity index is 2.16. The summed E-state index contributed by atoms with van der Waals surface area (Å²) < 4.78 is 0. The minimum atomic E-state index is -0.141. The van der Waals surface area contributed by atoms with Crippen LogP contribution in [0.4, 0.5) is 5.69 Å². The number of nitrogens with one attached hydrogen (secondary N) is 1. The molecule has 2 aromatic rings. The van der Waals surface area contributed by atoms with Crippen molar-refractivity contribution in [2.75, 3.05) is 5.73 Å². The van der Waals surface area contributed by atoms with Gasteiger partial charge in [0.15, 0.2) is 0 Å². The van der Waals surface area contributed by atoms with Crippen LogP contribution < -0.4 is 11.1 Å². The summed E-state index contributed by atoms with van der Waals surface area (Å²) in [6.07, 6.45) is 0. The summed E-state index contributed by atoms with van der Waals surface area (Å²) in [5.74, 6) is -0.141. The van der Waals surface area contributed by atoms with Gasteiger partial charge in [0.25, 0.3) is 5.91 Å². The molecular weight excluding hydrogens is 236 g/mol. The summed E-state index contributed by atoms with van der Waals surface area (Å²) in [5, 5.41) is 2.96. The first-order chi connectivity index (χ1) is 9.09. The van der Waals surface area contributed by atoms with Crippen LogP contribution in [-0.2, 0) is 0 Å². The van der Waals surface area contributed by atoms with E-state index in [0.717, 1.165) is 11.1 Å². The Morgan fingerprint density at radius 3 is 2.47 bits per heavy atom. The van der Waals surface area contributed by atoms with Crippen molar-refractivity contribution in [3.63, 3.8) is 0 Å².